The number of carbonyl (C=O) groups excluding carboxylic acids is 2. The molecule has 1 aromatic rings. The predicted molar refractivity (Wildman–Crippen MR) is 95.1 cm³/mol. The highest BCUT2D eigenvalue weighted by Crippen LogP contribution is 2.29. The minimum Gasteiger partial charge on any atom is -0.333 e. The summed E-state index contributed by atoms with van der Waals surface area (Å²) in [6, 6.07) is 5.30. The number of piperidine rings is 1. The van der Waals surface area contributed by atoms with Gasteiger partial charge in [0.2, 0.25) is 11.8 Å². The molecular weight excluding hydrogens is 378 g/mol. The molecule has 0 N–H and O–H groups in total. The normalized spacial score (nSPS) is 22.0. The molecule has 0 radical (unpaired) electrons. The summed E-state index contributed by atoms with van der Waals surface area (Å²) in [6.07, 6.45) is -3.20. The van der Waals surface area contributed by atoms with E-state index in [1.165, 1.54) is 39.9 Å². The van der Waals surface area contributed by atoms with Gasteiger partial charge in [0.15, 0.2) is 0 Å². The van der Waals surface area contributed by atoms with Crippen molar-refractivity contribution in [1.29, 1.82) is 0 Å². The van der Waals surface area contributed by atoms with E-state index in [0.29, 0.717) is 25.8 Å². The molecule has 0 spiro atoms. The first-order valence-electron chi connectivity index (χ1n) is 9.29. The van der Waals surface area contributed by atoms with Crippen molar-refractivity contribution in [2.45, 2.75) is 31.5 Å². The van der Waals surface area contributed by atoms with Gasteiger partial charge in [-0.3, -0.25) is 14.5 Å². The van der Waals surface area contributed by atoms with E-state index in [-0.39, 0.29) is 30.6 Å². The van der Waals surface area contributed by atoms with Crippen LogP contribution in [0.5, 0.6) is 0 Å². The number of para-hydroxylation sites is 1. The van der Waals surface area contributed by atoms with E-state index in [4.69, 9.17) is 0 Å². The molecule has 1 aromatic carbocycles. The van der Waals surface area contributed by atoms with Crippen molar-refractivity contribution in [3.63, 3.8) is 0 Å². The number of carbonyl (C=O) groups is 2. The third-order valence-corrected chi connectivity index (χ3v) is 5.48. The van der Waals surface area contributed by atoms with Crippen LogP contribution in [0.4, 0.5) is 23.2 Å². The summed E-state index contributed by atoms with van der Waals surface area (Å²) in [7, 11) is 1.54. The Hall–Kier alpha value is -2.16. The summed E-state index contributed by atoms with van der Waals surface area (Å²) < 4.78 is 51.5. The fourth-order valence-electron chi connectivity index (χ4n) is 3.97. The smallest absolute Gasteiger partial charge is 0.333 e. The van der Waals surface area contributed by atoms with Gasteiger partial charge in [-0.2, -0.15) is 13.2 Å². The second-order valence-electron chi connectivity index (χ2n) is 7.36. The number of nitrogens with zero attached hydrogens (tertiary/aromatic N) is 3. The summed E-state index contributed by atoms with van der Waals surface area (Å²) in [5.74, 6) is -1.47. The van der Waals surface area contributed by atoms with Gasteiger partial charge >= 0.3 is 6.18 Å². The lowest BCUT2D eigenvalue weighted by Gasteiger charge is -2.34. The van der Waals surface area contributed by atoms with Crippen LogP contribution in [-0.2, 0) is 9.59 Å². The SMILES string of the molecule is CN(C(=O)C1CCN(CC(F)(F)F)CC1)C1CCN(c2ccccc2F)C1=O. The van der Waals surface area contributed by atoms with Gasteiger partial charge in [-0.1, -0.05) is 12.1 Å². The minimum absolute atomic E-state index is 0.191. The van der Waals surface area contributed by atoms with Gasteiger partial charge in [0.05, 0.1) is 12.2 Å². The lowest BCUT2D eigenvalue weighted by molar-refractivity contribution is -0.151. The number of likely N-dealkylation sites (tertiary alicyclic amines) is 1. The van der Waals surface area contributed by atoms with Gasteiger partial charge in [-0.05, 0) is 44.5 Å². The summed E-state index contributed by atoms with van der Waals surface area (Å²) in [5, 5.41) is 0. The van der Waals surface area contributed by atoms with Crippen LogP contribution in [0.25, 0.3) is 0 Å². The Kier molecular flexibility index (Phi) is 5.92. The fraction of sp³-hybridized carbons (Fsp3) is 0.579. The van der Waals surface area contributed by atoms with E-state index >= 15 is 0 Å². The van der Waals surface area contributed by atoms with Crippen LogP contribution < -0.4 is 4.90 Å². The molecule has 9 heteroatoms. The Morgan fingerprint density at radius 3 is 2.39 bits per heavy atom. The predicted octanol–water partition coefficient (Wildman–Crippen LogP) is 2.66. The Labute approximate surface area is 160 Å². The second kappa shape index (κ2) is 8.06. The molecule has 2 fully saturated rings. The van der Waals surface area contributed by atoms with E-state index in [0.717, 1.165) is 0 Å². The molecule has 154 valence electrons. The highest BCUT2D eigenvalue weighted by molar-refractivity contribution is 6.01. The molecule has 2 aliphatic heterocycles. The zero-order valence-electron chi connectivity index (χ0n) is 15.6. The molecule has 2 heterocycles. The van der Waals surface area contributed by atoms with Gasteiger partial charge in [0, 0.05) is 19.5 Å². The number of likely N-dealkylation sites (N-methyl/N-ethyl adjacent to an activating group) is 1. The van der Waals surface area contributed by atoms with E-state index in [1.807, 2.05) is 0 Å². The number of hydrogen-bond acceptors (Lipinski definition) is 3. The van der Waals surface area contributed by atoms with Crippen LogP contribution in [-0.4, -0.2) is 67.1 Å². The van der Waals surface area contributed by atoms with Crippen molar-refractivity contribution >= 4 is 17.5 Å². The molecule has 2 aliphatic rings. The zero-order valence-corrected chi connectivity index (χ0v) is 15.6. The van der Waals surface area contributed by atoms with Gasteiger partial charge in [0.25, 0.3) is 0 Å². The lowest BCUT2D eigenvalue weighted by atomic mass is 9.94. The third kappa shape index (κ3) is 4.45. The maximum Gasteiger partial charge on any atom is 0.401 e. The van der Waals surface area contributed by atoms with E-state index in [9.17, 15) is 27.2 Å². The molecule has 1 unspecified atom stereocenters. The highest BCUT2D eigenvalue weighted by atomic mass is 19.4. The summed E-state index contributed by atoms with van der Waals surface area (Å²) in [6.45, 7) is -0.262. The van der Waals surface area contributed by atoms with E-state index < -0.39 is 30.5 Å². The Balaban J connectivity index is 1.59. The standard InChI is InChI=1S/C19H23F4N3O2/c1-24(17(27)13-6-9-25(10-7-13)12-19(21,22)23)16-8-11-26(18(16)28)15-5-3-2-4-14(15)20/h2-5,13,16H,6-12H2,1H3. The highest BCUT2D eigenvalue weighted by Gasteiger charge is 2.40. The second-order valence-corrected chi connectivity index (χ2v) is 7.36. The van der Waals surface area contributed by atoms with Crippen LogP contribution in [0.1, 0.15) is 19.3 Å². The maximum atomic E-state index is 14.0. The summed E-state index contributed by atoms with van der Waals surface area (Å²) in [5.41, 5.74) is 0.191. The van der Waals surface area contributed by atoms with E-state index in [1.54, 1.807) is 6.07 Å². The molecule has 1 atom stereocenters. The molecule has 2 amide bonds. The van der Waals surface area contributed by atoms with Gasteiger partial charge < -0.3 is 9.80 Å². The maximum absolute atomic E-state index is 14.0. The first kappa shape index (κ1) is 20.6. The average molecular weight is 401 g/mol. The lowest BCUT2D eigenvalue weighted by Crippen LogP contribution is -2.48. The molecule has 0 aromatic heterocycles. The number of halogens is 4. The number of hydrogen-bond donors (Lipinski definition) is 0. The minimum atomic E-state index is -4.25. The fourth-order valence-corrected chi connectivity index (χ4v) is 3.97. The van der Waals surface area contributed by atoms with Crippen LogP contribution >= 0.6 is 0 Å². The van der Waals surface area contributed by atoms with Gasteiger partial charge in [-0.25, -0.2) is 4.39 Å². The number of alkyl halides is 3. The molecular formula is C19H23F4N3O2. The summed E-state index contributed by atoms with van der Waals surface area (Å²) in [4.78, 5) is 29.5. The van der Waals surface area contributed by atoms with Crippen LogP contribution in [0, 0.1) is 11.7 Å². The molecule has 28 heavy (non-hydrogen) atoms. The van der Waals surface area contributed by atoms with Crippen molar-refractivity contribution in [2.75, 3.05) is 38.1 Å². The zero-order chi connectivity index (χ0) is 20.5. The number of rotatable bonds is 4. The van der Waals surface area contributed by atoms with Crippen molar-refractivity contribution < 1.29 is 27.2 Å². The largest absolute Gasteiger partial charge is 0.401 e. The Bertz CT molecular complexity index is 732. The third-order valence-electron chi connectivity index (χ3n) is 5.48. The summed E-state index contributed by atoms with van der Waals surface area (Å²) >= 11 is 0. The topological polar surface area (TPSA) is 43.9 Å². The van der Waals surface area contributed by atoms with Gasteiger partial charge in [-0.15, -0.1) is 0 Å². The van der Waals surface area contributed by atoms with Crippen molar-refractivity contribution in [3.05, 3.63) is 30.1 Å². The van der Waals surface area contributed by atoms with Crippen LogP contribution in [0.2, 0.25) is 0 Å². The quantitative estimate of drug-likeness (QED) is 0.729. The molecule has 5 nitrogen and oxygen atoms in total. The van der Waals surface area contributed by atoms with Crippen LogP contribution in [0.15, 0.2) is 24.3 Å². The van der Waals surface area contributed by atoms with Crippen molar-refractivity contribution in [2.24, 2.45) is 5.92 Å². The molecule has 0 aliphatic carbocycles. The molecule has 0 saturated carbocycles. The molecule has 0 bridgehead atoms. The number of anilines is 1. The Morgan fingerprint density at radius 2 is 1.79 bits per heavy atom. The van der Waals surface area contributed by atoms with Crippen molar-refractivity contribution in [1.82, 2.24) is 9.80 Å². The first-order chi connectivity index (χ1) is 13.2. The van der Waals surface area contributed by atoms with Gasteiger partial charge in [0.1, 0.15) is 11.9 Å². The van der Waals surface area contributed by atoms with E-state index in [2.05, 4.69) is 0 Å². The Morgan fingerprint density at radius 1 is 1.14 bits per heavy atom. The average Bonchev–Trinajstić information content (AvgIpc) is 3.01. The monoisotopic (exact) mass is 401 g/mol. The number of benzene rings is 1. The number of amides is 2. The van der Waals surface area contributed by atoms with Crippen molar-refractivity contribution in [3.8, 4) is 0 Å². The van der Waals surface area contributed by atoms with Crippen LogP contribution in [0.3, 0.4) is 0 Å². The molecule has 3 rings (SSSR count). The first-order valence-corrected chi connectivity index (χ1v) is 9.29. The molecule has 2 saturated heterocycles.